The van der Waals surface area contributed by atoms with Gasteiger partial charge in [-0.15, -0.1) is 0 Å². The third-order valence-electron chi connectivity index (χ3n) is 2.40. The number of hydrogen-bond acceptors (Lipinski definition) is 4. The van der Waals surface area contributed by atoms with Gasteiger partial charge in [0.1, 0.15) is 0 Å². The van der Waals surface area contributed by atoms with Crippen molar-refractivity contribution in [2.75, 3.05) is 7.11 Å². The third-order valence-corrected chi connectivity index (χ3v) is 2.40. The molecule has 0 amide bonds. The Bertz CT molecular complexity index is 579. The Labute approximate surface area is 142 Å². The van der Waals surface area contributed by atoms with E-state index in [1.165, 1.54) is 4.74 Å². The molecule has 0 saturated heterocycles. The lowest BCUT2D eigenvalue weighted by atomic mass is 10.2. The fraction of sp³-hybridized carbons (Fsp3) is 0.889. The highest BCUT2D eigenvalue weighted by atomic mass is 19.4. The van der Waals surface area contributed by atoms with Gasteiger partial charge in [-0.25, -0.2) is 9.53 Å². The number of halogens is 15. The highest BCUT2D eigenvalue weighted by molar-refractivity contribution is 5.78. The van der Waals surface area contributed by atoms with Gasteiger partial charge >= 0.3 is 48.4 Å². The molecule has 0 fully saturated rings. The van der Waals surface area contributed by atoms with E-state index in [2.05, 4.69) is 4.74 Å². The number of carbonyl (C=O) groups is 1. The summed E-state index contributed by atoms with van der Waals surface area (Å²) in [6.45, 7) is 0. The normalized spacial score (nSPS) is 17.3. The van der Waals surface area contributed by atoms with Gasteiger partial charge in [-0.2, -0.15) is 65.9 Å². The fourth-order valence-corrected chi connectivity index (χ4v) is 1.05. The molecule has 168 valence electrons. The van der Waals surface area contributed by atoms with Gasteiger partial charge in [-0.1, -0.05) is 0 Å². The summed E-state index contributed by atoms with van der Waals surface area (Å²) >= 11 is 0. The second-order valence-electron chi connectivity index (χ2n) is 4.41. The second-order valence-corrected chi connectivity index (χ2v) is 4.41. The minimum Gasteiger partial charge on any atom is -0.464 e. The lowest BCUT2D eigenvalue weighted by Gasteiger charge is -2.38. The van der Waals surface area contributed by atoms with E-state index in [4.69, 9.17) is 0 Å². The molecule has 0 rings (SSSR count). The van der Waals surface area contributed by atoms with Crippen LogP contribution in [0.2, 0.25) is 0 Å². The molecule has 0 radical (unpaired) electrons. The van der Waals surface area contributed by atoms with Crippen molar-refractivity contribution < 1.29 is 84.9 Å². The van der Waals surface area contributed by atoms with E-state index in [0.717, 1.165) is 0 Å². The summed E-state index contributed by atoms with van der Waals surface area (Å²) in [6, 6.07) is 0. The van der Waals surface area contributed by atoms with E-state index in [-0.39, 0.29) is 7.11 Å². The first kappa shape index (κ1) is 26.3. The number of hydrogen-bond donors (Lipinski definition) is 0. The summed E-state index contributed by atoms with van der Waals surface area (Å²) in [5.74, 6) is -17.9. The van der Waals surface area contributed by atoms with Crippen LogP contribution in [0, 0.1) is 0 Å². The summed E-state index contributed by atoms with van der Waals surface area (Å²) in [7, 11) is -0.0830. The Morgan fingerprint density at radius 2 is 0.964 bits per heavy atom. The van der Waals surface area contributed by atoms with Crippen LogP contribution in [0.3, 0.4) is 0 Å². The van der Waals surface area contributed by atoms with Crippen molar-refractivity contribution in [3.63, 3.8) is 0 Å². The van der Waals surface area contributed by atoms with Crippen LogP contribution >= 0.6 is 0 Å². The molecular weight excluding hydrogens is 457 g/mol. The van der Waals surface area contributed by atoms with E-state index in [9.17, 15) is 70.7 Å². The topological polar surface area (TPSA) is 44.8 Å². The lowest BCUT2D eigenvalue weighted by molar-refractivity contribution is -0.553. The Morgan fingerprint density at radius 1 is 0.571 bits per heavy atom. The van der Waals surface area contributed by atoms with E-state index in [1.807, 2.05) is 0 Å². The van der Waals surface area contributed by atoms with E-state index < -0.39 is 48.4 Å². The van der Waals surface area contributed by atoms with Crippen LogP contribution < -0.4 is 0 Å². The van der Waals surface area contributed by atoms with Gasteiger partial charge < -0.3 is 4.74 Å². The van der Waals surface area contributed by atoms with Crippen LogP contribution in [-0.2, 0) is 19.0 Å². The molecular formula is C9H3F15O4. The number of ether oxygens (including phenoxy) is 3. The van der Waals surface area contributed by atoms with Crippen LogP contribution in [-0.4, -0.2) is 55.5 Å². The standard InChI is InChI=1S/C9H3F15O4/c1-26-2(25)3(10,11)7(19,20)27-4(12,5(13,14)15)8(21,22)28-9(23,24)6(16,17)18/h1H3. The van der Waals surface area contributed by atoms with Crippen molar-refractivity contribution in [3.8, 4) is 0 Å². The first-order valence-electron chi connectivity index (χ1n) is 5.72. The molecule has 0 aliphatic heterocycles. The van der Waals surface area contributed by atoms with Gasteiger partial charge in [0.15, 0.2) is 0 Å². The summed E-state index contributed by atoms with van der Waals surface area (Å²) in [5, 5.41) is 0. The molecule has 0 aliphatic carbocycles. The highest BCUT2D eigenvalue weighted by Gasteiger charge is 2.83. The maximum atomic E-state index is 13.5. The van der Waals surface area contributed by atoms with Gasteiger partial charge in [-0.05, 0) is 0 Å². The molecule has 4 nitrogen and oxygen atoms in total. The summed E-state index contributed by atoms with van der Waals surface area (Å²) in [6.07, 6.45) is -37.2. The van der Waals surface area contributed by atoms with Crippen molar-refractivity contribution in [1.29, 1.82) is 0 Å². The lowest BCUT2D eigenvalue weighted by Crippen LogP contribution is -2.66. The maximum absolute atomic E-state index is 13.5. The van der Waals surface area contributed by atoms with Gasteiger partial charge in [0.25, 0.3) is 0 Å². The Morgan fingerprint density at radius 3 is 1.25 bits per heavy atom. The molecule has 0 bridgehead atoms. The molecule has 0 aromatic rings. The minimum atomic E-state index is -7.74. The van der Waals surface area contributed by atoms with Crippen molar-refractivity contribution in [1.82, 2.24) is 0 Å². The average molecular weight is 460 g/mol. The first-order chi connectivity index (χ1) is 11.9. The number of carbonyl (C=O) groups excluding carboxylic acids is 1. The maximum Gasteiger partial charge on any atom is 0.483 e. The smallest absolute Gasteiger partial charge is 0.464 e. The SMILES string of the molecule is COC(=O)C(F)(F)C(F)(F)OC(F)(C(F)(F)F)C(F)(F)OC(F)(F)C(F)(F)F. The summed E-state index contributed by atoms with van der Waals surface area (Å²) in [5.41, 5.74) is 0. The van der Waals surface area contributed by atoms with Crippen molar-refractivity contribution >= 4 is 5.97 Å². The van der Waals surface area contributed by atoms with Gasteiger partial charge in [0.2, 0.25) is 0 Å². The number of methoxy groups -OCH3 is 1. The van der Waals surface area contributed by atoms with Crippen LogP contribution in [0.15, 0.2) is 0 Å². The van der Waals surface area contributed by atoms with E-state index in [1.54, 1.807) is 4.74 Å². The molecule has 0 saturated carbocycles. The largest absolute Gasteiger partial charge is 0.483 e. The molecule has 28 heavy (non-hydrogen) atoms. The molecule has 0 spiro atoms. The van der Waals surface area contributed by atoms with Crippen LogP contribution in [0.25, 0.3) is 0 Å². The molecule has 0 aliphatic rings. The molecule has 0 aromatic carbocycles. The zero-order chi connectivity index (χ0) is 23.2. The number of esters is 1. The molecule has 0 aromatic heterocycles. The second kappa shape index (κ2) is 6.99. The molecule has 0 heterocycles. The van der Waals surface area contributed by atoms with Crippen LogP contribution in [0.5, 0.6) is 0 Å². The average Bonchev–Trinajstić information content (AvgIpc) is 2.41. The predicted molar refractivity (Wildman–Crippen MR) is 49.9 cm³/mol. The van der Waals surface area contributed by atoms with Gasteiger partial charge in [-0.3, -0.25) is 4.74 Å². The zero-order valence-corrected chi connectivity index (χ0v) is 12.3. The zero-order valence-electron chi connectivity index (χ0n) is 12.3. The molecule has 1 unspecified atom stereocenters. The van der Waals surface area contributed by atoms with Gasteiger partial charge in [0.05, 0.1) is 7.11 Å². The number of alkyl halides is 15. The highest BCUT2D eigenvalue weighted by Crippen LogP contribution is 2.54. The fourth-order valence-electron chi connectivity index (χ4n) is 1.05. The number of rotatable bonds is 7. The Kier molecular flexibility index (Phi) is 6.58. The van der Waals surface area contributed by atoms with Crippen LogP contribution in [0.1, 0.15) is 0 Å². The monoisotopic (exact) mass is 460 g/mol. The van der Waals surface area contributed by atoms with Crippen LogP contribution in [0.4, 0.5) is 65.9 Å². The minimum absolute atomic E-state index is 0.0830. The van der Waals surface area contributed by atoms with Crippen molar-refractivity contribution in [2.24, 2.45) is 0 Å². The van der Waals surface area contributed by atoms with Gasteiger partial charge in [0, 0.05) is 0 Å². The summed E-state index contributed by atoms with van der Waals surface area (Å²) in [4.78, 5) is 10.4. The Hall–Kier alpha value is -1.66. The molecule has 19 heteroatoms. The van der Waals surface area contributed by atoms with Crippen molar-refractivity contribution in [2.45, 2.75) is 42.5 Å². The molecule has 1 atom stereocenters. The Balaban J connectivity index is 6.33. The summed E-state index contributed by atoms with van der Waals surface area (Å²) < 4.78 is 195. The van der Waals surface area contributed by atoms with E-state index in [0.29, 0.717) is 0 Å². The molecule has 0 N–H and O–H groups in total. The quantitative estimate of drug-likeness (QED) is 0.418. The third kappa shape index (κ3) is 4.49. The first-order valence-corrected chi connectivity index (χ1v) is 5.72. The predicted octanol–water partition coefficient (Wildman–Crippen LogP) is 4.40. The van der Waals surface area contributed by atoms with E-state index >= 15 is 0 Å². The van der Waals surface area contributed by atoms with Crippen molar-refractivity contribution in [3.05, 3.63) is 0 Å².